The third-order valence-electron chi connectivity index (χ3n) is 2.23. The van der Waals surface area contributed by atoms with Gasteiger partial charge in [-0.05, 0) is 17.7 Å². The maximum Gasteiger partial charge on any atom is 0.314 e. The van der Waals surface area contributed by atoms with E-state index in [4.69, 9.17) is 0 Å². The van der Waals surface area contributed by atoms with Crippen molar-refractivity contribution < 1.29 is 22.3 Å². The molecular formula is C11H13FO4S. The lowest BCUT2D eigenvalue weighted by Gasteiger charge is -2.13. The molecule has 1 aromatic carbocycles. The summed E-state index contributed by atoms with van der Waals surface area (Å²) in [4.78, 5) is 11.5. The number of hydrogen-bond acceptors (Lipinski definition) is 4. The first-order valence-electron chi connectivity index (χ1n) is 4.84. The number of carbonyl (C=O) groups is 1. The monoisotopic (exact) mass is 260 g/mol. The van der Waals surface area contributed by atoms with Crippen LogP contribution in [0.15, 0.2) is 24.3 Å². The van der Waals surface area contributed by atoms with E-state index in [1.54, 1.807) is 0 Å². The molecule has 0 aliphatic rings. The molecule has 1 atom stereocenters. The van der Waals surface area contributed by atoms with E-state index in [-0.39, 0.29) is 5.75 Å². The predicted molar refractivity (Wildman–Crippen MR) is 60.9 cm³/mol. The maximum absolute atomic E-state index is 12.7. The lowest BCUT2D eigenvalue weighted by molar-refractivity contribution is -0.141. The molecule has 0 fully saturated rings. The molecule has 1 rings (SSSR count). The van der Waals surface area contributed by atoms with Gasteiger partial charge in [-0.15, -0.1) is 0 Å². The molecule has 6 heteroatoms. The predicted octanol–water partition coefficient (Wildman–Crippen LogP) is 1.13. The fourth-order valence-electron chi connectivity index (χ4n) is 1.44. The number of benzene rings is 1. The van der Waals surface area contributed by atoms with Gasteiger partial charge in [-0.3, -0.25) is 4.79 Å². The third kappa shape index (κ3) is 4.14. The Bertz CT molecular complexity index is 493. The van der Waals surface area contributed by atoms with Gasteiger partial charge >= 0.3 is 5.97 Å². The van der Waals surface area contributed by atoms with Crippen LogP contribution in [0, 0.1) is 5.82 Å². The van der Waals surface area contributed by atoms with Crippen molar-refractivity contribution in [3.63, 3.8) is 0 Å². The van der Waals surface area contributed by atoms with E-state index in [9.17, 15) is 17.6 Å². The molecule has 0 heterocycles. The second kappa shape index (κ2) is 5.27. The van der Waals surface area contributed by atoms with Crippen LogP contribution < -0.4 is 0 Å². The minimum atomic E-state index is -3.33. The zero-order valence-corrected chi connectivity index (χ0v) is 10.3. The van der Waals surface area contributed by atoms with Gasteiger partial charge < -0.3 is 4.74 Å². The molecule has 4 nitrogen and oxygen atoms in total. The Balaban J connectivity index is 3.06. The Morgan fingerprint density at radius 2 is 1.88 bits per heavy atom. The molecule has 0 saturated heterocycles. The van der Waals surface area contributed by atoms with Crippen LogP contribution in [0.4, 0.5) is 4.39 Å². The van der Waals surface area contributed by atoms with E-state index in [0.29, 0.717) is 5.56 Å². The molecule has 0 aliphatic heterocycles. The van der Waals surface area contributed by atoms with Crippen molar-refractivity contribution in [1.82, 2.24) is 0 Å². The van der Waals surface area contributed by atoms with Gasteiger partial charge in [-0.25, -0.2) is 12.8 Å². The Morgan fingerprint density at radius 3 is 2.29 bits per heavy atom. The van der Waals surface area contributed by atoms with Crippen LogP contribution in [0.2, 0.25) is 0 Å². The van der Waals surface area contributed by atoms with Crippen molar-refractivity contribution in [3.05, 3.63) is 35.6 Å². The Labute approximate surface area is 99.3 Å². The smallest absolute Gasteiger partial charge is 0.314 e. The van der Waals surface area contributed by atoms with Crippen LogP contribution in [-0.2, 0) is 19.4 Å². The van der Waals surface area contributed by atoms with Gasteiger partial charge in [0.25, 0.3) is 0 Å². The summed E-state index contributed by atoms with van der Waals surface area (Å²) in [7, 11) is -2.15. The van der Waals surface area contributed by atoms with E-state index in [2.05, 4.69) is 4.74 Å². The summed E-state index contributed by atoms with van der Waals surface area (Å²) in [6.07, 6.45) is 1.03. The highest BCUT2D eigenvalue weighted by molar-refractivity contribution is 7.90. The van der Waals surface area contributed by atoms with Gasteiger partial charge in [-0.1, -0.05) is 12.1 Å². The van der Waals surface area contributed by atoms with Gasteiger partial charge in [-0.2, -0.15) is 0 Å². The zero-order chi connectivity index (χ0) is 13.1. The van der Waals surface area contributed by atoms with Crippen molar-refractivity contribution in [2.45, 2.75) is 5.92 Å². The fraction of sp³-hybridized carbons (Fsp3) is 0.364. The quantitative estimate of drug-likeness (QED) is 0.761. The van der Waals surface area contributed by atoms with E-state index in [1.165, 1.54) is 31.4 Å². The first-order chi connectivity index (χ1) is 7.83. The molecule has 0 radical (unpaired) electrons. The van der Waals surface area contributed by atoms with Crippen molar-refractivity contribution in [2.24, 2.45) is 0 Å². The van der Waals surface area contributed by atoms with Gasteiger partial charge in [0.05, 0.1) is 18.8 Å². The molecule has 1 unspecified atom stereocenters. The number of ether oxygens (including phenoxy) is 1. The van der Waals surface area contributed by atoms with Crippen LogP contribution in [0.3, 0.4) is 0 Å². The maximum atomic E-state index is 12.7. The summed E-state index contributed by atoms with van der Waals surface area (Å²) < 4.78 is 39.7. The molecular weight excluding hydrogens is 247 g/mol. The summed E-state index contributed by atoms with van der Waals surface area (Å²) in [6, 6.07) is 5.10. The number of hydrogen-bond donors (Lipinski definition) is 0. The average Bonchev–Trinajstić information content (AvgIpc) is 2.25. The number of rotatable bonds is 4. The highest BCUT2D eigenvalue weighted by Gasteiger charge is 2.25. The van der Waals surface area contributed by atoms with Crippen LogP contribution in [0.25, 0.3) is 0 Å². The van der Waals surface area contributed by atoms with Gasteiger partial charge in [0.15, 0.2) is 0 Å². The van der Waals surface area contributed by atoms with Crippen molar-refractivity contribution >= 4 is 15.8 Å². The second-order valence-electron chi connectivity index (χ2n) is 3.72. The molecule has 0 N–H and O–H groups in total. The topological polar surface area (TPSA) is 60.4 Å². The van der Waals surface area contributed by atoms with E-state index < -0.39 is 27.5 Å². The van der Waals surface area contributed by atoms with E-state index >= 15 is 0 Å². The summed E-state index contributed by atoms with van der Waals surface area (Å²) in [5.41, 5.74) is 0.420. The van der Waals surface area contributed by atoms with Gasteiger partial charge in [0.2, 0.25) is 0 Å². The van der Waals surface area contributed by atoms with Gasteiger partial charge in [0, 0.05) is 6.26 Å². The number of methoxy groups -OCH3 is 1. The summed E-state index contributed by atoms with van der Waals surface area (Å²) in [6.45, 7) is 0. The summed E-state index contributed by atoms with van der Waals surface area (Å²) >= 11 is 0. The third-order valence-corrected chi connectivity index (χ3v) is 3.17. The first-order valence-corrected chi connectivity index (χ1v) is 6.90. The number of carbonyl (C=O) groups excluding carboxylic acids is 1. The highest BCUT2D eigenvalue weighted by Crippen LogP contribution is 2.19. The lowest BCUT2D eigenvalue weighted by Crippen LogP contribution is -2.22. The fourth-order valence-corrected chi connectivity index (χ4v) is 2.37. The van der Waals surface area contributed by atoms with Crippen LogP contribution >= 0.6 is 0 Å². The Kier molecular flexibility index (Phi) is 4.22. The van der Waals surface area contributed by atoms with Crippen LogP contribution in [-0.4, -0.2) is 33.5 Å². The molecule has 0 aromatic heterocycles. The minimum absolute atomic E-state index is 0.356. The van der Waals surface area contributed by atoms with E-state index in [0.717, 1.165) is 6.26 Å². The normalized spacial score (nSPS) is 13.1. The molecule has 0 bridgehead atoms. The summed E-state index contributed by atoms with van der Waals surface area (Å²) in [5, 5.41) is 0. The SMILES string of the molecule is COC(=O)C(CS(C)(=O)=O)c1ccc(F)cc1. The standard InChI is InChI=1S/C11H13FO4S/c1-16-11(13)10(7-17(2,14)15)8-3-5-9(12)6-4-8/h3-6,10H,7H2,1-2H3. The molecule has 17 heavy (non-hydrogen) atoms. The van der Waals surface area contributed by atoms with Crippen molar-refractivity contribution in [2.75, 3.05) is 19.1 Å². The molecule has 0 amide bonds. The number of halogens is 1. The zero-order valence-electron chi connectivity index (χ0n) is 9.51. The van der Waals surface area contributed by atoms with Crippen molar-refractivity contribution in [1.29, 1.82) is 0 Å². The van der Waals surface area contributed by atoms with Crippen LogP contribution in [0.5, 0.6) is 0 Å². The van der Waals surface area contributed by atoms with Crippen molar-refractivity contribution in [3.8, 4) is 0 Å². The summed E-state index contributed by atoms with van der Waals surface area (Å²) in [5.74, 6) is -2.37. The molecule has 0 saturated carbocycles. The molecule has 0 aliphatic carbocycles. The Hall–Kier alpha value is -1.43. The van der Waals surface area contributed by atoms with Crippen LogP contribution in [0.1, 0.15) is 11.5 Å². The highest BCUT2D eigenvalue weighted by atomic mass is 32.2. The first kappa shape index (κ1) is 13.6. The van der Waals surface area contributed by atoms with Gasteiger partial charge in [0.1, 0.15) is 15.7 Å². The number of esters is 1. The minimum Gasteiger partial charge on any atom is -0.469 e. The largest absolute Gasteiger partial charge is 0.469 e. The lowest BCUT2D eigenvalue weighted by atomic mass is 10.0. The van der Waals surface area contributed by atoms with E-state index in [1.807, 2.05) is 0 Å². The average molecular weight is 260 g/mol. The molecule has 0 spiro atoms. The Morgan fingerprint density at radius 1 is 1.35 bits per heavy atom. The number of sulfone groups is 1. The second-order valence-corrected chi connectivity index (χ2v) is 5.90. The molecule has 94 valence electrons. The molecule has 1 aromatic rings.